The van der Waals surface area contributed by atoms with Crippen molar-refractivity contribution in [2.45, 2.75) is 213 Å². The van der Waals surface area contributed by atoms with Gasteiger partial charge in [-0.25, -0.2) is 0 Å². The number of hydrogen-bond acceptors (Lipinski definition) is 8. The number of nitrogens with one attached hydrogen (secondary N) is 2. The van der Waals surface area contributed by atoms with E-state index in [1.165, 1.54) is 0 Å². The van der Waals surface area contributed by atoms with Gasteiger partial charge in [-0.15, -0.1) is 0 Å². The van der Waals surface area contributed by atoms with Gasteiger partial charge in [0.05, 0.1) is 49.0 Å². The molecule has 11 heteroatoms. The van der Waals surface area contributed by atoms with E-state index in [0.717, 1.165) is 76.2 Å². The van der Waals surface area contributed by atoms with E-state index >= 15 is 0 Å². The second-order valence-electron chi connectivity index (χ2n) is 19.5. The summed E-state index contributed by atoms with van der Waals surface area (Å²) < 4.78 is 26.6. The van der Waals surface area contributed by atoms with Crippen LogP contribution in [0.3, 0.4) is 0 Å². The topological polar surface area (TPSA) is 132 Å². The van der Waals surface area contributed by atoms with Crippen molar-refractivity contribution < 1.29 is 38.1 Å². The molecule has 3 heterocycles. The van der Waals surface area contributed by atoms with Crippen molar-refractivity contribution in [1.29, 1.82) is 0 Å². The number of amides is 2. The Labute approximate surface area is 347 Å². The Hall–Kier alpha value is -1.89. The zero-order valence-corrected chi connectivity index (χ0v) is 38.9. The molecule has 0 aliphatic carbocycles. The maximum Gasteiger partial charge on any atom is 0.225 e. The van der Waals surface area contributed by atoms with Crippen LogP contribution in [-0.2, 0) is 33.0 Å². The van der Waals surface area contributed by atoms with Crippen LogP contribution in [0.4, 0.5) is 0 Å². The highest BCUT2D eigenvalue weighted by Gasteiger charge is 2.45. The van der Waals surface area contributed by atoms with Gasteiger partial charge in [-0.2, -0.15) is 0 Å². The third-order valence-corrected chi connectivity index (χ3v) is 17.9. The fourth-order valence-electron chi connectivity index (χ4n) is 8.19. The lowest BCUT2D eigenvalue weighted by Gasteiger charge is -2.48. The predicted molar refractivity (Wildman–Crippen MR) is 231 cm³/mol. The Kier molecular flexibility index (Phi) is 19.6. The van der Waals surface area contributed by atoms with Gasteiger partial charge in [0.15, 0.2) is 19.9 Å². The number of rotatable bonds is 20. The highest BCUT2D eigenvalue weighted by Crippen LogP contribution is 2.43. The average molecular weight is 819 g/mol. The van der Waals surface area contributed by atoms with E-state index in [1.807, 2.05) is 27.7 Å². The fourth-order valence-corrected chi connectivity index (χ4v) is 9.59. The van der Waals surface area contributed by atoms with Crippen molar-refractivity contribution >= 4 is 25.9 Å². The maximum atomic E-state index is 13.7. The summed E-state index contributed by atoms with van der Waals surface area (Å²) in [6.45, 7) is 25.8. The van der Waals surface area contributed by atoms with Crippen LogP contribution in [0.15, 0.2) is 23.8 Å². The minimum absolute atomic E-state index is 0.0432. The Morgan fingerprint density at radius 3 is 2.30 bits per heavy atom. The summed E-state index contributed by atoms with van der Waals surface area (Å²) >= 11 is 0. The molecule has 3 aliphatic heterocycles. The third-order valence-electron chi connectivity index (χ3n) is 13.4. The molecule has 3 saturated heterocycles. The Balaban J connectivity index is 1.53. The molecule has 328 valence electrons. The van der Waals surface area contributed by atoms with Crippen LogP contribution in [0.25, 0.3) is 0 Å². The van der Waals surface area contributed by atoms with Crippen LogP contribution in [0.2, 0.25) is 18.1 Å². The summed E-state index contributed by atoms with van der Waals surface area (Å²) in [6, 6.07) is 0. The lowest BCUT2D eigenvalue weighted by molar-refractivity contribution is -0.324. The van der Waals surface area contributed by atoms with Gasteiger partial charge in [-0.3, -0.25) is 14.4 Å². The van der Waals surface area contributed by atoms with Gasteiger partial charge in [0.1, 0.15) is 0 Å². The van der Waals surface area contributed by atoms with Crippen molar-refractivity contribution in [2.24, 2.45) is 23.7 Å². The highest BCUT2D eigenvalue weighted by atomic mass is 28.4. The molecule has 3 rings (SSSR count). The largest absolute Gasteiger partial charge is 0.411 e. The van der Waals surface area contributed by atoms with Gasteiger partial charge in [0, 0.05) is 32.4 Å². The zero-order valence-electron chi connectivity index (χ0n) is 37.9. The van der Waals surface area contributed by atoms with Crippen LogP contribution in [0, 0.1) is 23.7 Å². The first-order valence-corrected chi connectivity index (χ1v) is 25.3. The second kappa shape index (κ2) is 22.6. The number of carbonyl (C=O) groups is 3. The van der Waals surface area contributed by atoms with Crippen LogP contribution < -0.4 is 10.6 Å². The molecule has 57 heavy (non-hydrogen) atoms. The number of aliphatic hydroxyl groups excluding tert-OH is 1. The fraction of sp³-hybridized carbons (Fsp3) is 0.848. The highest BCUT2D eigenvalue weighted by molar-refractivity contribution is 6.74. The lowest BCUT2D eigenvalue weighted by atomic mass is 9.85. The number of hydrogen-bond donors (Lipinski definition) is 3. The minimum atomic E-state index is -2.28. The van der Waals surface area contributed by atoms with Gasteiger partial charge in [0.2, 0.25) is 11.8 Å². The monoisotopic (exact) mass is 819 g/mol. The molecule has 3 N–H and O–H groups in total. The van der Waals surface area contributed by atoms with Crippen molar-refractivity contribution in [1.82, 2.24) is 10.6 Å². The van der Waals surface area contributed by atoms with Crippen LogP contribution in [0.5, 0.6) is 0 Å². The number of ether oxygens (including phenoxy) is 3. The summed E-state index contributed by atoms with van der Waals surface area (Å²) in [5.74, 6) is -0.138. The summed E-state index contributed by atoms with van der Waals surface area (Å²) in [7, 11) is -2.28. The summed E-state index contributed by atoms with van der Waals surface area (Å²) in [4.78, 5) is 39.2. The molecule has 3 fully saturated rings. The minimum Gasteiger partial charge on any atom is -0.411 e. The number of carbonyl (C=O) groups excluding carboxylic acids is 3. The zero-order chi connectivity index (χ0) is 42.6. The van der Waals surface area contributed by atoms with Gasteiger partial charge >= 0.3 is 0 Å². The van der Waals surface area contributed by atoms with Crippen molar-refractivity contribution in [3.05, 3.63) is 23.8 Å². The predicted octanol–water partition coefficient (Wildman–Crippen LogP) is 8.96. The van der Waals surface area contributed by atoms with Gasteiger partial charge in [-0.1, -0.05) is 60.6 Å². The first kappa shape index (κ1) is 49.5. The number of ketones is 1. The quantitative estimate of drug-likeness (QED) is 0.0481. The van der Waals surface area contributed by atoms with E-state index in [4.69, 9.17) is 18.6 Å². The van der Waals surface area contributed by atoms with E-state index in [1.54, 1.807) is 12.2 Å². The molecule has 1 spiro atoms. The molecule has 3 aliphatic rings. The molecule has 0 aromatic carbocycles. The molecule has 0 radical (unpaired) electrons. The van der Waals surface area contributed by atoms with Gasteiger partial charge in [0.25, 0.3) is 0 Å². The molecule has 0 unspecified atom stereocenters. The lowest BCUT2D eigenvalue weighted by Crippen LogP contribution is -2.52. The molecule has 0 aromatic rings. The first-order valence-electron chi connectivity index (χ1n) is 22.4. The van der Waals surface area contributed by atoms with Crippen molar-refractivity contribution in [2.75, 3.05) is 13.1 Å². The van der Waals surface area contributed by atoms with E-state index in [0.29, 0.717) is 24.8 Å². The Morgan fingerprint density at radius 1 is 0.930 bits per heavy atom. The summed E-state index contributed by atoms with van der Waals surface area (Å²) in [6.07, 6.45) is 15.4. The molecule has 10 nitrogen and oxygen atoms in total. The maximum absolute atomic E-state index is 13.7. The smallest absolute Gasteiger partial charge is 0.225 e. The molecule has 0 aromatic heterocycles. The SMILES string of the molecule is C/C=C/C(=O)C[C@@H]1CC[C@@H](C)[C@@H](CC(=O)NC[C@H](O[Si](C)(C)C(C)(C)C)[C@@H](C)C(=O)NCCC[C@H]2O[C@@]3(CCC[C@@H](CC[C@H](C)/C=C(\C)[C@H](C)O)O3)CC[C@@H]2C)O1. The summed E-state index contributed by atoms with van der Waals surface area (Å²) in [5.41, 5.74) is 1.02. The Morgan fingerprint density at radius 2 is 1.63 bits per heavy atom. The molecular formula is C46H82N2O8Si. The van der Waals surface area contributed by atoms with E-state index in [2.05, 4.69) is 71.3 Å². The van der Waals surface area contributed by atoms with Crippen molar-refractivity contribution in [3.63, 3.8) is 0 Å². The van der Waals surface area contributed by atoms with E-state index in [-0.39, 0.29) is 65.9 Å². The molecule has 0 bridgehead atoms. The average Bonchev–Trinajstić information content (AvgIpc) is 3.13. The number of allylic oxidation sites excluding steroid dienone is 3. The molecular weight excluding hydrogens is 737 g/mol. The summed E-state index contributed by atoms with van der Waals surface area (Å²) in [5, 5.41) is 16.1. The van der Waals surface area contributed by atoms with Crippen LogP contribution >= 0.6 is 0 Å². The van der Waals surface area contributed by atoms with Gasteiger partial charge < -0.3 is 34.4 Å². The van der Waals surface area contributed by atoms with Gasteiger partial charge in [-0.05, 0) is 126 Å². The molecule has 2 amide bonds. The second-order valence-corrected chi connectivity index (χ2v) is 24.3. The number of aliphatic hydroxyl groups is 1. The first-order chi connectivity index (χ1) is 26.6. The standard InChI is InChI=1S/C46H82N2O8Si/c1-13-16-37(50)28-39-22-20-32(3)41(53-39)29-43(51)48-30-42(56-57(11,12)45(8,9)10)35(6)44(52)47-26-15-18-40-33(4)23-25-46(55-40)24-14-17-38(54-46)21-19-31(2)27-34(5)36(7)49/h13,16,27,31-33,35-36,38-42,49H,14-15,17-26,28-30H2,1-12H3,(H,47,52)(H,48,51)/b16-13+,34-27+/t31-,32+,33-,35+,36-,38-,39-,40+,41+,42-,46-/m0/s1. The molecule has 11 atom stereocenters. The van der Waals surface area contributed by atoms with Crippen LogP contribution in [-0.4, -0.2) is 86.5 Å². The molecule has 0 saturated carbocycles. The van der Waals surface area contributed by atoms with E-state index in [9.17, 15) is 19.5 Å². The van der Waals surface area contributed by atoms with E-state index < -0.39 is 32.2 Å². The van der Waals surface area contributed by atoms with Crippen LogP contribution in [0.1, 0.15) is 153 Å². The van der Waals surface area contributed by atoms with Crippen molar-refractivity contribution in [3.8, 4) is 0 Å². The third kappa shape index (κ3) is 15.9. The Bertz CT molecular complexity index is 1340. The normalized spacial score (nSPS) is 29.8.